The summed E-state index contributed by atoms with van der Waals surface area (Å²) in [4.78, 5) is 26.9. The summed E-state index contributed by atoms with van der Waals surface area (Å²) in [5, 5.41) is 9.29. The smallest absolute Gasteiger partial charge is 0.308 e. The van der Waals surface area contributed by atoms with Gasteiger partial charge in [-0.2, -0.15) is 0 Å². The quantitative estimate of drug-likeness (QED) is 0.823. The maximum atomic E-state index is 12.8. The Labute approximate surface area is 151 Å². The first kappa shape index (κ1) is 17.6. The van der Waals surface area contributed by atoms with Gasteiger partial charge >= 0.3 is 5.97 Å². The van der Waals surface area contributed by atoms with Gasteiger partial charge in [0, 0.05) is 29.3 Å². The van der Waals surface area contributed by atoms with E-state index in [1.807, 2.05) is 43.3 Å². The third-order valence-corrected chi connectivity index (χ3v) is 5.44. The third kappa shape index (κ3) is 4.25. The van der Waals surface area contributed by atoms with Gasteiger partial charge in [-0.05, 0) is 30.5 Å². The fourth-order valence-electron chi connectivity index (χ4n) is 3.15. The lowest BCUT2D eigenvalue weighted by molar-refractivity contribution is -0.143. The Morgan fingerprint density at radius 1 is 1.24 bits per heavy atom. The van der Waals surface area contributed by atoms with Crippen molar-refractivity contribution in [2.45, 2.75) is 24.0 Å². The molecular formula is C19H21NO4S. The molecule has 1 aromatic carbocycles. The van der Waals surface area contributed by atoms with Crippen molar-refractivity contribution in [3.8, 4) is 0 Å². The first-order chi connectivity index (χ1) is 12.0. The zero-order valence-electron chi connectivity index (χ0n) is 14.1. The van der Waals surface area contributed by atoms with Crippen LogP contribution in [-0.2, 0) is 10.5 Å². The first-order valence-corrected chi connectivity index (χ1v) is 9.29. The van der Waals surface area contributed by atoms with Crippen molar-refractivity contribution in [2.75, 3.05) is 13.1 Å². The number of hydrogen-bond acceptors (Lipinski definition) is 4. The number of rotatable bonds is 5. The van der Waals surface area contributed by atoms with E-state index in [2.05, 4.69) is 0 Å². The average Bonchev–Trinajstić information content (AvgIpc) is 3.08. The molecule has 2 aromatic rings. The van der Waals surface area contributed by atoms with E-state index in [0.29, 0.717) is 24.5 Å². The summed E-state index contributed by atoms with van der Waals surface area (Å²) in [5.41, 5.74) is 0.837. The van der Waals surface area contributed by atoms with Gasteiger partial charge in [-0.25, -0.2) is 0 Å². The number of carboxylic acids is 1. The van der Waals surface area contributed by atoms with Crippen LogP contribution < -0.4 is 0 Å². The summed E-state index contributed by atoms with van der Waals surface area (Å²) in [6.45, 7) is 2.78. The minimum atomic E-state index is -0.844. The summed E-state index contributed by atoms with van der Waals surface area (Å²) < 4.78 is 5.45. The summed E-state index contributed by atoms with van der Waals surface area (Å²) in [5.74, 6) is -0.453. The Bertz CT molecular complexity index is 743. The highest BCUT2D eigenvalue weighted by Crippen LogP contribution is 2.28. The van der Waals surface area contributed by atoms with Crippen molar-refractivity contribution in [3.05, 3.63) is 54.0 Å². The molecule has 25 heavy (non-hydrogen) atoms. The second-order valence-electron chi connectivity index (χ2n) is 6.46. The van der Waals surface area contributed by atoms with Crippen LogP contribution in [-0.4, -0.2) is 35.0 Å². The van der Waals surface area contributed by atoms with Gasteiger partial charge in [0.1, 0.15) is 0 Å². The summed E-state index contributed by atoms with van der Waals surface area (Å²) >= 11 is 1.64. The van der Waals surface area contributed by atoms with Crippen LogP contribution in [0.15, 0.2) is 52.0 Å². The Hall–Kier alpha value is -2.21. The zero-order valence-corrected chi connectivity index (χ0v) is 14.9. The van der Waals surface area contributed by atoms with Crippen molar-refractivity contribution in [1.82, 2.24) is 4.90 Å². The molecular weight excluding hydrogens is 338 g/mol. The molecule has 1 amide bonds. The zero-order chi connectivity index (χ0) is 17.8. The molecule has 2 heterocycles. The number of carbonyl (C=O) groups excluding carboxylic acids is 1. The molecule has 3 rings (SSSR count). The average molecular weight is 359 g/mol. The van der Waals surface area contributed by atoms with Crippen molar-refractivity contribution in [2.24, 2.45) is 11.8 Å². The second kappa shape index (κ2) is 7.78. The number of nitrogens with zero attached hydrogens (tertiary/aromatic N) is 1. The van der Waals surface area contributed by atoms with Gasteiger partial charge in [-0.15, -0.1) is 11.8 Å². The highest BCUT2D eigenvalue weighted by atomic mass is 32.2. The molecule has 0 saturated carbocycles. The minimum Gasteiger partial charge on any atom is -0.481 e. The van der Waals surface area contributed by atoms with Crippen LogP contribution in [0.3, 0.4) is 0 Å². The molecule has 1 saturated heterocycles. The topological polar surface area (TPSA) is 70.8 Å². The van der Waals surface area contributed by atoms with Gasteiger partial charge in [0.2, 0.25) is 0 Å². The summed E-state index contributed by atoms with van der Waals surface area (Å²) in [6, 6.07) is 11.8. The van der Waals surface area contributed by atoms with Crippen LogP contribution in [0.4, 0.5) is 0 Å². The third-order valence-electron chi connectivity index (χ3n) is 4.37. The van der Waals surface area contributed by atoms with Gasteiger partial charge in [-0.3, -0.25) is 9.59 Å². The Kier molecular flexibility index (Phi) is 5.48. The Morgan fingerprint density at radius 3 is 2.72 bits per heavy atom. The predicted molar refractivity (Wildman–Crippen MR) is 95.5 cm³/mol. The Morgan fingerprint density at radius 2 is 2.00 bits per heavy atom. The lowest BCUT2D eigenvalue weighted by Crippen LogP contribution is -2.45. The van der Waals surface area contributed by atoms with Gasteiger partial charge in [-0.1, -0.05) is 25.1 Å². The Balaban J connectivity index is 1.70. The molecule has 2 atom stereocenters. The lowest BCUT2D eigenvalue weighted by atomic mass is 9.90. The van der Waals surface area contributed by atoms with Crippen LogP contribution in [0.1, 0.15) is 29.5 Å². The van der Waals surface area contributed by atoms with Crippen molar-refractivity contribution < 1.29 is 19.1 Å². The molecule has 1 aliphatic heterocycles. The van der Waals surface area contributed by atoms with E-state index in [0.717, 1.165) is 10.5 Å². The number of carbonyl (C=O) groups is 2. The maximum absolute atomic E-state index is 12.8. The second-order valence-corrected chi connectivity index (χ2v) is 7.51. The largest absolute Gasteiger partial charge is 0.481 e. The van der Waals surface area contributed by atoms with Crippen molar-refractivity contribution >= 4 is 23.6 Å². The summed E-state index contributed by atoms with van der Waals surface area (Å²) in [7, 11) is 0. The van der Waals surface area contributed by atoms with E-state index in [1.54, 1.807) is 16.7 Å². The minimum absolute atomic E-state index is 0.163. The monoisotopic (exact) mass is 359 g/mol. The normalized spacial score (nSPS) is 20.4. The number of benzene rings is 1. The van der Waals surface area contributed by atoms with Gasteiger partial charge in [0.05, 0.1) is 12.2 Å². The molecule has 0 spiro atoms. The van der Waals surface area contributed by atoms with Crippen LogP contribution in [0, 0.1) is 11.8 Å². The molecule has 0 aliphatic carbocycles. The van der Waals surface area contributed by atoms with Gasteiger partial charge < -0.3 is 14.4 Å². The molecule has 132 valence electrons. The molecule has 1 aliphatic rings. The number of aliphatic carboxylic acids is 1. The number of piperidine rings is 1. The van der Waals surface area contributed by atoms with Crippen LogP contribution in [0.5, 0.6) is 0 Å². The molecule has 5 nitrogen and oxygen atoms in total. The van der Waals surface area contributed by atoms with Crippen molar-refractivity contribution in [3.63, 3.8) is 0 Å². The molecule has 1 fully saturated rings. The number of carboxylic acid groups (broad SMARTS) is 1. The highest BCUT2D eigenvalue weighted by molar-refractivity contribution is 7.98. The van der Waals surface area contributed by atoms with Crippen LogP contribution in [0.25, 0.3) is 0 Å². The first-order valence-electron chi connectivity index (χ1n) is 8.31. The number of amides is 1. The van der Waals surface area contributed by atoms with E-state index in [1.165, 1.54) is 6.26 Å². The molecule has 2 unspecified atom stereocenters. The van der Waals surface area contributed by atoms with E-state index in [-0.39, 0.29) is 18.4 Å². The number of likely N-dealkylation sites (tertiary alicyclic amines) is 1. The maximum Gasteiger partial charge on any atom is 0.308 e. The fraction of sp³-hybridized carbons (Fsp3) is 0.368. The molecule has 1 N–H and O–H groups in total. The van der Waals surface area contributed by atoms with Crippen molar-refractivity contribution in [1.29, 1.82) is 0 Å². The van der Waals surface area contributed by atoms with Crippen LogP contribution in [0.2, 0.25) is 0 Å². The van der Waals surface area contributed by atoms with E-state index in [4.69, 9.17) is 4.42 Å². The SMILES string of the molecule is CC1CC(C(=O)O)CN(C(=O)c2occc2CSc2ccccc2)C1. The van der Waals surface area contributed by atoms with E-state index >= 15 is 0 Å². The molecule has 1 aromatic heterocycles. The molecule has 6 heteroatoms. The fourth-order valence-corrected chi connectivity index (χ4v) is 4.05. The van der Waals surface area contributed by atoms with E-state index in [9.17, 15) is 14.7 Å². The van der Waals surface area contributed by atoms with E-state index < -0.39 is 11.9 Å². The standard InChI is InChI=1S/C19H21NO4S/c1-13-9-15(19(22)23)11-20(10-13)18(21)17-14(7-8-24-17)12-25-16-5-3-2-4-6-16/h2-8,13,15H,9-12H2,1H3,(H,22,23). The van der Waals surface area contributed by atoms with Gasteiger partial charge in [0.15, 0.2) is 5.76 Å². The van der Waals surface area contributed by atoms with Crippen LogP contribution >= 0.6 is 11.8 Å². The number of furan rings is 1. The molecule has 0 radical (unpaired) electrons. The summed E-state index contributed by atoms with van der Waals surface area (Å²) in [6.07, 6.45) is 2.13. The predicted octanol–water partition coefficient (Wildman–Crippen LogP) is 3.75. The highest BCUT2D eigenvalue weighted by Gasteiger charge is 2.33. The number of hydrogen-bond donors (Lipinski definition) is 1. The lowest BCUT2D eigenvalue weighted by Gasteiger charge is -2.34. The molecule has 0 bridgehead atoms. The number of thioether (sulfide) groups is 1. The van der Waals surface area contributed by atoms with Gasteiger partial charge in [0.25, 0.3) is 5.91 Å².